The van der Waals surface area contributed by atoms with Gasteiger partial charge in [0.05, 0.1) is 12.1 Å². The fourth-order valence-electron chi connectivity index (χ4n) is 1.72. The maximum Gasteiger partial charge on any atom is 0.0978 e. The van der Waals surface area contributed by atoms with Gasteiger partial charge in [0, 0.05) is 0 Å². The first-order chi connectivity index (χ1) is 6.88. The molecule has 0 aliphatic carbocycles. The molecule has 0 amide bonds. The van der Waals surface area contributed by atoms with E-state index in [0.29, 0.717) is 0 Å². The van der Waals surface area contributed by atoms with Crippen molar-refractivity contribution in [1.82, 2.24) is 5.32 Å². The maximum absolute atomic E-state index is 10.0. The fourth-order valence-corrected chi connectivity index (χ4v) is 1.72. The first-order valence-corrected chi connectivity index (χ1v) is 5.01. The van der Waals surface area contributed by atoms with E-state index in [1.165, 1.54) is 0 Å². The second-order valence-electron chi connectivity index (χ2n) is 3.55. The third kappa shape index (κ3) is 2.03. The zero-order chi connectivity index (χ0) is 9.80. The van der Waals surface area contributed by atoms with Gasteiger partial charge >= 0.3 is 0 Å². The van der Waals surface area contributed by atoms with E-state index in [-0.39, 0.29) is 6.04 Å². The minimum atomic E-state index is -0.437. The predicted molar refractivity (Wildman–Crippen MR) is 56.9 cm³/mol. The molecule has 0 fully saturated rings. The van der Waals surface area contributed by atoms with Gasteiger partial charge in [-0.1, -0.05) is 42.5 Å². The molecule has 2 atom stereocenters. The summed E-state index contributed by atoms with van der Waals surface area (Å²) in [6.45, 7) is 0.949. The molecule has 0 radical (unpaired) electrons. The summed E-state index contributed by atoms with van der Waals surface area (Å²) in [6.07, 6.45) is 4.78. The number of nitrogens with one attached hydrogen (secondary N) is 1. The Balaban J connectivity index is 2.11. The van der Waals surface area contributed by atoms with E-state index in [0.717, 1.165) is 18.5 Å². The van der Waals surface area contributed by atoms with Crippen molar-refractivity contribution in [3.8, 4) is 0 Å². The van der Waals surface area contributed by atoms with E-state index in [1.54, 1.807) is 0 Å². The lowest BCUT2D eigenvalue weighted by molar-refractivity contribution is 0.146. The van der Waals surface area contributed by atoms with E-state index in [4.69, 9.17) is 0 Å². The van der Waals surface area contributed by atoms with Gasteiger partial charge in [0.1, 0.15) is 0 Å². The Morgan fingerprint density at radius 1 is 1.29 bits per heavy atom. The third-order valence-electron chi connectivity index (χ3n) is 2.52. The van der Waals surface area contributed by atoms with Crippen molar-refractivity contribution in [3.63, 3.8) is 0 Å². The number of aliphatic hydroxyl groups is 1. The monoisotopic (exact) mass is 189 g/mol. The number of hydrogen-bond acceptors (Lipinski definition) is 2. The summed E-state index contributed by atoms with van der Waals surface area (Å²) in [5, 5.41) is 13.3. The molecule has 2 N–H and O–H groups in total. The highest BCUT2D eigenvalue weighted by Crippen LogP contribution is 2.18. The molecule has 1 aromatic rings. The minimum absolute atomic E-state index is 0.0613. The lowest BCUT2D eigenvalue weighted by atomic mass is 10.00. The van der Waals surface area contributed by atoms with Gasteiger partial charge in [-0.05, 0) is 18.5 Å². The van der Waals surface area contributed by atoms with Crippen molar-refractivity contribution >= 4 is 0 Å². The van der Waals surface area contributed by atoms with Gasteiger partial charge in [-0.3, -0.25) is 0 Å². The Labute approximate surface area is 84.3 Å². The Morgan fingerprint density at radius 3 is 2.71 bits per heavy atom. The summed E-state index contributed by atoms with van der Waals surface area (Å²) in [4.78, 5) is 0. The number of rotatable bonds is 2. The molecule has 2 rings (SSSR count). The predicted octanol–water partition coefficient (Wildman–Crippen LogP) is 1.64. The van der Waals surface area contributed by atoms with Crippen LogP contribution in [0.5, 0.6) is 0 Å². The van der Waals surface area contributed by atoms with Crippen LogP contribution in [0.15, 0.2) is 42.5 Å². The van der Waals surface area contributed by atoms with Gasteiger partial charge in [0.25, 0.3) is 0 Å². The second kappa shape index (κ2) is 4.40. The van der Waals surface area contributed by atoms with Gasteiger partial charge in [0.2, 0.25) is 0 Å². The molecular weight excluding hydrogens is 174 g/mol. The van der Waals surface area contributed by atoms with Crippen LogP contribution in [0.4, 0.5) is 0 Å². The van der Waals surface area contributed by atoms with E-state index in [9.17, 15) is 5.11 Å². The average molecular weight is 189 g/mol. The summed E-state index contributed by atoms with van der Waals surface area (Å²) in [6, 6.07) is 9.83. The van der Waals surface area contributed by atoms with Crippen molar-refractivity contribution < 1.29 is 5.11 Å². The molecule has 0 saturated carbocycles. The van der Waals surface area contributed by atoms with Gasteiger partial charge in [-0.2, -0.15) is 0 Å². The van der Waals surface area contributed by atoms with Gasteiger partial charge in [-0.15, -0.1) is 0 Å². The molecule has 0 saturated heterocycles. The second-order valence-corrected chi connectivity index (χ2v) is 3.55. The molecule has 1 aromatic carbocycles. The molecule has 14 heavy (non-hydrogen) atoms. The SMILES string of the molecule is O[C@H](c1ccccc1)[C@H]1C=CCCN1. The normalized spacial score (nSPS) is 23.4. The molecule has 2 heteroatoms. The number of hydrogen-bond donors (Lipinski definition) is 2. The van der Waals surface area contributed by atoms with Crippen LogP contribution < -0.4 is 5.32 Å². The summed E-state index contributed by atoms with van der Waals surface area (Å²) in [5.41, 5.74) is 0.969. The highest BCUT2D eigenvalue weighted by molar-refractivity contribution is 5.21. The highest BCUT2D eigenvalue weighted by Gasteiger charge is 2.18. The van der Waals surface area contributed by atoms with Crippen molar-refractivity contribution in [2.24, 2.45) is 0 Å². The van der Waals surface area contributed by atoms with Crippen molar-refractivity contribution in [2.45, 2.75) is 18.6 Å². The molecule has 74 valence electrons. The van der Waals surface area contributed by atoms with Crippen LogP contribution in [0.3, 0.4) is 0 Å². The molecule has 0 bridgehead atoms. The van der Waals surface area contributed by atoms with Crippen LogP contribution in [-0.4, -0.2) is 17.7 Å². The molecule has 1 aliphatic rings. The highest BCUT2D eigenvalue weighted by atomic mass is 16.3. The Hall–Kier alpha value is -1.12. The largest absolute Gasteiger partial charge is 0.386 e. The number of aliphatic hydroxyl groups excluding tert-OH is 1. The van der Waals surface area contributed by atoms with Crippen LogP contribution in [0, 0.1) is 0 Å². The van der Waals surface area contributed by atoms with Gasteiger partial charge in [0.15, 0.2) is 0 Å². The van der Waals surface area contributed by atoms with Crippen molar-refractivity contribution in [1.29, 1.82) is 0 Å². The van der Waals surface area contributed by atoms with E-state index >= 15 is 0 Å². The summed E-state index contributed by atoms with van der Waals surface area (Å²) in [7, 11) is 0. The first-order valence-electron chi connectivity index (χ1n) is 5.01. The smallest absolute Gasteiger partial charge is 0.0978 e. The Kier molecular flexibility index (Phi) is 2.96. The molecule has 0 unspecified atom stereocenters. The lowest BCUT2D eigenvalue weighted by Crippen LogP contribution is -2.35. The van der Waals surface area contributed by atoms with E-state index in [2.05, 4.69) is 11.4 Å². The van der Waals surface area contributed by atoms with Crippen molar-refractivity contribution in [3.05, 3.63) is 48.0 Å². The quantitative estimate of drug-likeness (QED) is 0.693. The zero-order valence-electron chi connectivity index (χ0n) is 8.06. The van der Waals surface area contributed by atoms with E-state index < -0.39 is 6.10 Å². The summed E-state index contributed by atoms with van der Waals surface area (Å²) >= 11 is 0. The molecule has 2 nitrogen and oxygen atoms in total. The van der Waals surface area contributed by atoms with Gasteiger partial charge in [-0.25, -0.2) is 0 Å². The molecule has 1 heterocycles. The van der Waals surface area contributed by atoms with Crippen LogP contribution >= 0.6 is 0 Å². The number of benzene rings is 1. The summed E-state index contributed by atoms with van der Waals surface area (Å²) < 4.78 is 0. The molecule has 1 aliphatic heterocycles. The van der Waals surface area contributed by atoms with Crippen LogP contribution in [-0.2, 0) is 0 Å². The maximum atomic E-state index is 10.0. The molecule has 0 spiro atoms. The third-order valence-corrected chi connectivity index (χ3v) is 2.52. The Morgan fingerprint density at radius 2 is 2.07 bits per heavy atom. The van der Waals surface area contributed by atoms with Crippen LogP contribution in [0.25, 0.3) is 0 Å². The standard InChI is InChI=1S/C12H15NO/c14-12(10-6-2-1-3-7-10)11-8-4-5-9-13-11/h1-4,6-8,11-14H,5,9H2/t11-,12-/m1/s1. The minimum Gasteiger partial charge on any atom is -0.386 e. The average Bonchev–Trinajstić information content (AvgIpc) is 2.30. The topological polar surface area (TPSA) is 32.3 Å². The zero-order valence-corrected chi connectivity index (χ0v) is 8.06. The molecule has 0 aromatic heterocycles. The first kappa shape index (κ1) is 9.44. The van der Waals surface area contributed by atoms with Crippen LogP contribution in [0.1, 0.15) is 18.1 Å². The van der Waals surface area contributed by atoms with E-state index in [1.807, 2.05) is 36.4 Å². The lowest BCUT2D eigenvalue weighted by Gasteiger charge is -2.24. The Bertz CT molecular complexity index is 307. The summed E-state index contributed by atoms with van der Waals surface area (Å²) in [5.74, 6) is 0. The van der Waals surface area contributed by atoms with Crippen molar-refractivity contribution in [2.75, 3.05) is 6.54 Å². The van der Waals surface area contributed by atoms with Crippen LogP contribution in [0.2, 0.25) is 0 Å². The van der Waals surface area contributed by atoms with Gasteiger partial charge < -0.3 is 10.4 Å². The fraction of sp³-hybridized carbons (Fsp3) is 0.333. The molecular formula is C12H15NO.